The maximum atomic E-state index is 14.0. The van der Waals surface area contributed by atoms with E-state index in [1.807, 2.05) is 7.05 Å². The summed E-state index contributed by atoms with van der Waals surface area (Å²) in [5.74, 6) is 0.260. The van der Waals surface area contributed by atoms with Crippen LogP contribution in [0.1, 0.15) is 29.0 Å². The molecule has 2 aromatic carbocycles. The predicted molar refractivity (Wildman–Crippen MR) is 85.5 cm³/mol. The summed E-state index contributed by atoms with van der Waals surface area (Å²) < 4.78 is 14.0. The molecule has 1 N–H and O–H groups in total. The van der Waals surface area contributed by atoms with Crippen LogP contribution in [-0.4, -0.2) is 13.1 Å². The van der Waals surface area contributed by atoms with Crippen LogP contribution in [0.5, 0.6) is 0 Å². The normalized spacial score (nSPS) is 18.5. The van der Waals surface area contributed by atoms with Gasteiger partial charge in [-0.05, 0) is 61.2 Å². The van der Waals surface area contributed by atoms with Gasteiger partial charge in [0.1, 0.15) is 5.82 Å². The fraction of sp³-hybridized carbons (Fsp3) is 0.333. The largest absolute Gasteiger partial charge is 0.316 e. The van der Waals surface area contributed by atoms with E-state index in [0.29, 0.717) is 22.9 Å². The number of fused-ring (bicyclic) bond motifs is 1. The van der Waals surface area contributed by atoms with E-state index < -0.39 is 0 Å². The molecule has 1 nitrogen and oxygen atoms in total. The van der Waals surface area contributed by atoms with Crippen molar-refractivity contribution >= 4 is 11.6 Å². The van der Waals surface area contributed by atoms with Gasteiger partial charge in [0.05, 0.1) is 0 Å². The second-order valence-electron chi connectivity index (χ2n) is 5.68. The molecular weight excluding hydrogens is 285 g/mol. The lowest BCUT2D eigenvalue weighted by molar-refractivity contribution is 0.448. The van der Waals surface area contributed by atoms with E-state index in [0.717, 1.165) is 12.8 Å². The quantitative estimate of drug-likeness (QED) is 0.886. The number of nitrogens with one attached hydrogen (secondary N) is 1. The van der Waals surface area contributed by atoms with Gasteiger partial charge in [-0.15, -0.1) is 0 Å². The van der Waals surface area contributed by atoms with Crippen molar-refractivity contribution in [3.05, 3.63) is 70.0 Å². The Morgan fingerprint density at radius 2 is 2.10 bits per heavy atom. The molecule has 0 amide bonds. The third-order valence-electron chi connectivity index (χ3n) is 4.48. The molecule has 2 unspecified atom stereocenters. The first kappa shape index (κ1) is 14.6. The first-order valence-corrected chi connectivity index (χ1v) is 7.76. The van der Waals surface area contributed by atoms with E-state index in [1.165, 1.54) is 17.2 Å². The Labute approximate surface area is 130 Å². The fourth-order valence-electron chi connectivity index (χ4n) is 3.39. The maximum Gasteiger partial charge on any atom is 0.126 e. The molecule has 0 aromatic heterocycles. The molecule has 2 aromatic rings. The Morgan fingerprint density at radius 3 is 2.90 bits per heavy atom. The number of halogens is 2. The van der Waals surface area contributed by atoms with E-state index in [4.69, 9.17) is 11.6 Å². The van der Waals surface area contributed by atoms with E-state index in [2.05, 4.69) is 29.6 Å². The van der Waals surface area contributed by atoms with Crippen LogP contribution in [0.25, 0.3) is 0 Å². The lowest BCUT2D eigenvalue weighted by atomic mass is 9.89. The van der Waals surface area contributed by atoms with Gasteiger partial charge in [-0.1, -0.05) is 35.9 Å². The van der Waals surface area contributed by atoms with Crippen molar-refractivity contribution in [3.63, 3.8) is 0 Å². The van der Waals surface area contributed by atoms with Crippen molar-refractivity contribution in [2.45, 2.75) is 31.2 Å². The van der Waals surface area contributed by atoms with Gasteiger partial charge in [-0.25, -0.2) is 4.39 Å². The second kappa shape index (κ2) is 6.17. The van der Waals surface area contributed by atoms with Crippen molar-refractivity contribution < 1.29 is 4.39 Å². The van der Waals surface area contributed by atoms with Gasteiger partial charge in [0.15, 0.2) is 0 Å². The Balaban J connectivity index is 1.85. The van der Waals surface area contributed by atoms with Gasteiger partial charge < -0.3 is 5.32 Å². The monoisotopic (exact) mass is 303 g/mol. The SMILES string of the molecule is CNC(Cc1cc(Cl)ccc1F)C1CCc2ccccc21. The summed E-state index contributed by atoms with van der Waals surface area (Å²) >= 11 is 6.00. The number of benzene rings is 2. The summed E-state index contributed by atoms with van der Waals surface area (Å²) in [7, 11) is 1.95. The van der Waals surface area contributed by atoms with Gasteiger partial charge in [0, 0.05) is 17.0 Å². The molecule has 21 heavy (non-hydrogen) atoms. The van der Waals surface area contributed by atoms with Crippen molar-refractivity contribution in [2.24, 2.45) is 0 Å². The molecule has 3 heteroatoms. The van der Waals surface area contributed by atoms with Gasteiger partial charge in [0.2, 0.25) is 0 Å². The molecule has 0 heterocycles. The zero-order valence-electron chi connectivity index (χ0n) is 12.1. The lowest BCUT2D eigenvalue weighted by Crippen LogP contribution is -2.33. The second-order valence-corrected chi connectivity index (χ2v) is 6.12. The molecule has 110 valence electrons. The summed E-state index contributed by atoms with van der Waals surface area (Å²) in [4.78, 5) is 0. The van der Waals surface area contributed by atoms with Crippen LogP contribution in [0.3, 0.4) is 0 Å². The Bertz CT molecular complexity index is 641. The number of rotatable bonds is 4. The van der Waals surface area contributed by atoms with Gasteiger partial charge in [-0.2, -0.15) is 0 Å². The molecular formula is C18H19ClFN. The van der Waals surface area contributed by atoms with Gasteiger partial charge in [-0.3, -0.25) is 0 Å². The van der Waals surface area contributed by atoms with Crippen molar-refractivity contribution in [1.29, 1.82) is 0 Å². The highest BCUT2D eigenvalue weighted by Gasteiger charge is 2.29. The fourth-order valence-corrected chi connectivity index (χ4v) is 3.58. The predicted octanol–water partition coefficient (Wildman–Crippen LogP) is 4.34. The van der Waals surface area contributed by atoms with Crippen LogP contribution in [0.4, 0.5) is 4.39 Å². The van der Waals surface area contributed by atoms with Crippen molar-refractivity contribution in [3.8, 4) is 0 Å². The minimum Gasteiger partial charge on any atom is -0.316 e. The molecule has 0 bridgehead atoms. The molecule has 1 aliphatic rings. The zero-order chi connectivity index (χ0) is 14.8. The molecule has 0 fully saturated rings. The number of hydrogen-bond acceptors (Lipinski definition) is 1. The van der Waals surface area contributed by atoms with Gasteiger partial charge in [0.25, 0.3) is 0 Å². The van der Waals surface area contributed by atoms with Crippen LogP contribution < -0.4 is 5.32 Å². The molecule has 0 saturated carbocycles. The minimum atomic E-state index is -0.175. The first-order chi connectivity index (χ1) is 10.2. The highest BCUT2D eigenvalue weighted by Crippen LogP contribution is 2.36. The third-order valence-corrected chi connectivity index (χ3v) is 4.72. The molecule has 1 aliphatic carbocycles. The first-order valence-electron chi connectivity index (χ1n) is 7.38. The average Bonchev–Trinajstić information content (AvgIpc) is 2.92. The highest BCUT2D eigenvalue weighted by atomic mass is 35.5. The molecule has 3 rings (SSSR count). The summed E-state index contributed by atoms with van der Waals surface area (Å²) in [6.45, 7) is 0. The number of hydrogen-bond donors (Lipinski definition) is 1. The maximum absolute atomic E-state index is 14.0. The summed E-state index contributed by atoms with van der Waals surface area (Å²) in [5.41, 5.74) is 3.51. The smallest absolute Gasteiger partial charge is 0.126 e. The molecule has 0 spiro atoms. The summed E-state index contributed by atoms with van der Waals surface area (Å²) in [5, 5.41) is 3.96. The standard InChI is InChI=1S/C18H19ClFN/c1-21-18(11-13-10-14(19)7-9-17(13)20)16-8-6-12-4-2-3-5-15(12)16/h2-5,7,9-10,16,18,21H,6,8,11H2,1H3. The van der Waals surface area contributed by atoms with Crippen LogP contribution in [0.15, 0.2) is 42.5 Å². The minimum absolute atomic E-state index is 0.175. The van der Waals surface area contributed by atoms with Crippen LogP contribution >= 0.6 is 11.6 Å². The van der Waals surface area contributed by atoms with Crippen molar-refractivity contribution in [1.82, 2.24) is 5.32 Å². The highest BCUT2D eigenvalue weighted by molar-refractivity contribution is 6.30. The summed E-state index contributed by atoms with van der Waals surface area (Å²) in [6.07, 6.45) is 2.88. The van der Waals surface area contributed by atoms with E-state index in [9.17, 15) is 4.39 Å². The van der Waals surface area contributed by atoms with E-state index >= 15 is 0 Å². The number of likely N-dealkylation sites (N-methyl/N-ethyl adjacent to an activating group) is 1. The van der Waals surface area contributed by atoms with Crippen LogP contribution in [0, 0.1) is 5.82 Å². The number of aryl methyl sites for hydroxylation is 1. The Morgan fingerprint density at radius 1 is 1.29 bits per heavy atom. The third kappa shape index (κ3) is 2.97. The van der Waals surface area contributed by atoms with Gasteiger partial charge >= 0.3 is 0 Å². The lowest BCUT2D eigenvalue weighted by Gasteiger charge is -2.24. The van der Waals surface area contributed by atoms with E-state index in [-0.39, 0.29) is 11.9 Å². The van der Waals surface area contributed by atoms with Crippen LogP contribution in [-0.2, 0) is 12.8 Å². The van der Waals surface area contributed by atoms with E-state index in [1.54, 1.807) is 12.1 Å². The average molecular weight is 304 g/mol. The summed E-state index contributed by atoms with van der Waals surface area (Å²) in [6, 6.07) is 13.6. The molecule has 0 aliphatic heterocycles. The van der Waals surface area contributed by atoms with Crippen molar-refractivity contribution in [2.75, 3.05) is 7.05 Å². The zero-order valence-corrected chi connectivity index (χ0v) is 12.8. The molecule has 0 radical (unpaired) electrons. The molecule has 0 saturated heterocycles. The molecule has 2 atom stereocenters. The van der Waals surface area contributed by atoms with Crippen LogP contribution in [0.2, 0.25) is 5.02 Å². The topological polar surface area (TPSA) is 12.0 Å². The Hall–Kier alpha value is -1.38. The Kier molecular flexibility index (Phi) is 4.27.